The molecule has 3 nitrogen and oxygen atoms in total. The Balaban J connectivity index is 2.12. The Bertz CT molecular complexity index is 1080. The van der Waals surface area contributed by atoms with E-state index in [-0.39, 0.29) is 5.56 Å². The molecular weight excluding hydrogens is 324 g/mol. The fourth-order valence-corrected chi connectivity index (χ4v) is 4.31. The van der Waals surface area contributed by atoms with Crippen molar-refractivity contribution in [2.75, 3.05) is 6.26 Å². The molecule has 2 heterocycles. The minimum Gasteiger partial charge on any atom is -0.267 e. The van der Waals surface area contributed by atoms with Crippen molar-refractivity contribution < 1.29 is 0 Å². The topological polar surface area (TPSA) is 34.9 Å². The van der Waals surface area contributed by atoms with Crippen LogP contribution in [0.25, 0.3) is 26.0 Å². The van der Waals surface area contributed by atoms with Gasteiger partial charge in [0.05, 0.1) is 11.2 Å². The van der Waals surface area contributed by atoms with E-state index in [1.807, 2.05) is 61.7 Å². The second kappa shape index (κ2) is 5.51. The van der Waals surface area contributed by atoms with Crippen LogP contribution >= 0.6 is 23.1 Å². The molecule has 0 aliphatic heterocycles. The fraction of sp³-hybridized carbons (Fsp3) is 0.111. The summed E-state index contributed by atoms with van der Waals surface area (Å²) in [5.74, 6) is 0. The molecule has 23 heavy (non-hydrogen) atoms. The van der Waals surface area contributed by atoms with Crippen molar-refractivity contribution in [1.82, 2.24) is 9.55 Å². The normalized spacial score (nSPS) is 11.4. The summed E-state index contributed by atoms with van der Waals surface area (Å²) in [6.45, 7) is 2.04. The molecule has 5 heteroatoms. The van der Waals surface area contributed by atoms with Crippen molar-refractivity contribution in [2.45, 2.75) is 12.1 Å². The van der Waals surface area contributed by atoms with E-state index >= 15 is 0 Å². The Labute approximate surface area is 141 Å². The average Bonchev–Trinajstić information content (AvgIpc) is 2.95. The highest BCUT2D eigenvalue weighted by Gasteiger charge is 2.16. The lowest BCUT2D eigenvalue weighted by molar-refractivity contribution is 0.824. The molecule has 4 aromatic rings. The molecule has 0 amide bonds. The largest absolute Gasteiger partial charge is 0.276 e. The van der Waals surface area contributed by atoms with Gasteiger partial charge in [0.1, 0.15) is 4.70 Å². The summed E-state index contributed by atoms with van der Waals surface area (Å²) in [6, 6.07) is 16.0. The van der Waals surface area contributed by atoms with Gasteiger partial charge in [-0.1, -0.05) is 47.7 Å². The van der Waals surface area contributed by atoms with Crippen LogP contribution in [0.15, 0.2) is 58.5 Å². The molecule has 0 fully saturated rings. The summed E-state index contributed by atoms with van der Waals surface area (Å²) >= 11 is 3.01. The highest BCUT2D eigenvalue weighted by Crippen LogP contribution is 2.32. The van der Waals surface area contributed by atoms with Crippen LogP contribution in [0.1, 0.15) is 5.56 Å². The maximum atomic E-state index is 13.1. The monoisotopic (exact) mass is 338 g/mol. The van der Waals surface area contributed by atoms with Crippen LogP contribution in [0.2, 0.25) is 0 Å². The van der Waals surface area contributed by atoms with Crippen molar-refractivity contribution in [1.29, 1.82) is 0 Å². The lowest BCUT2D eigenvalue weighted by Gasteiger charge is -2.10. The zero-order valence-corrected chi connectivity index (χ0v) is 14.4. The van der Waals surface area contributed by atoms with Gasteiger partial charge in [0.15, 0.2) is 5.16 Å². The highest BCUT2D eigenvalue weighted by atomic mass is 32.2. The molecule has 0 unspecified atom stereocenters. The lowest BCUT2D eigenvalue weighted by Crippen LogP contribution is -2.20. The van der Waals surface area contributed by atoms with Crippen LogP contribution < -0.4 is 5.56 Å². The molecule has 0 saturated carbocycles. The number of rotatable bonds is 2. The fourth-order valence-electron chi connectivity index (χ4n) is 2.68. The molecule has 0 atom stereocenters. The molecule has 0 aliphatic rings. The summed E-state index contributed by atoms with van der Waals surface area (Å²) in [6.07, 6.45) is 1.95. The maximum absolute atomic E-state index is 13.1. The standard InChI is InChI=1S/C18H14N2OS2/c1-11-7-9-12(10-8-11)20-17(21)16-15(19-18(20)22-2)13-5-3-4-6-14(13)23-16/h3-10H,1-2H3. The highest BCUT2D eigenvalue weighted by molar-refractivity contribution is 7.98. The third kappa shape index (κ3) is 2.28. The van der Waals surface area contributed by atoms with E-state index in [9.17, 15) is 4.79 Å². The van der Waals surface area contributed by atoms with E-state index in [1.165, 1.54) is 28.7 Å². The summed E-state index contributed by atoms with van der Waals surface area (Å²) in [5.41, 5.74) is 2.84. The molecule has 0 saturated heterocycles. The number of hydrogen-bond donors (Lipinski definition) is 0. The van der Waals surface area contributed by atoms with E-state index in [0.29, 0.717) is 4.70 Å². The van der Waals surface area contributed by atoms with Crippen LogP contribution in [-0.2, 0) is 0 Å². The third-order valence-electron chi connectivity index (χ3n) is 3.84. The molecule has 0 spiro atoms. The van der Waals surface area contributed by atoms with Crippen LogP contribution in [0, 0.1) is 6.92 Å². The Morgan fingerprint density at radius 2 is 1.83 bits per heavy atom. The number of nitrogens with zero attached hydrogens (tertiary/aromatic N) is 2. The maximum Gasteiger partial charge on any atom is 0.276 e. The van der Waals surface area contributed by atoms with E-state index in [2.05, 4.69) is 0 Å². The van der Waals surface area contributed by atoms with Crippen molar-refractivity contribution in [3.63, 3.8) is 0 Å². The molecule has 0 bridgehead atoms. The van der Waals surface area contributed by atoms with E-state index in [0.717, 1.165) is 26.4 Å². The van der Waals surface area contributed by atoms with E-state index < -0.39 is 0 Å². The van der Waals surface area contributed by atoms with Crippen LogP contribution in [-0.4, -0.2) is 15.8 Å². The number of benzene rings is 2. The molecule has 114 valence electrons. The Morgan fingerprint density at radius 1 is 1.09 bits per heavy atom. The molecule has 0 N–H and O–H groups in total. The first-order valence-corrected chi connectivity index (χ1v) is 9.28. The van der Waals surface area contributed by atoms with Gasteiger partial charge in [-0.25, -0.2) is 4.98 Å². The zero-order valence-electron chi connectivity index (χ0n) is 12.7. The number of thioether (sulfide) groups is 1. The first kappa shape index (κ1) is 14.5. The van der Waals surface area contributed by atoms with Gasteiger partial charge in [-0.3, -0.25) is 9.36 Å². The Hall–Kier alpha value is -2.11. The number of fused-ring (bicyclic) bond motifs is 3. The minimum absolute atomic E-state index is 0.00408. The van der Waals surface area contributed by atoms with Gasteiger partial charge >= 0.3 is 0 Å². The van der Waals surface area contributed by atoms with Gasteiger partial charge in [0.2, 0.25) is 0 Å². The van der Waals surface area contributed by atoms with Crippen molar-refractivity contribution in [3.8, 4) is 5.69 Å². The van der Waals surface area contributed by atoms with Gasteiger partial charge in [-0.05, 0) is 31.4 Å². The van der Waals surface area contributed by atoms with Gasteiger partial charge in [0.25, 0.3) is 5.56 Å². The summed E-state index contributed by atoms with van der Waals surface area (Å²) in [4.78, 5) is 17.9. The lowest BCUT2D eigenvalue weighted by atomic mass is 10.2. The Kier molecular flexibility index (Phi) is 3.47. The van der Waals surface area contributed by atoms with Gasteiger partial charge < -0.3 is 0 Å². The van der Waals surface area contributed by atoms with Crippen molar-refractivity contribution in [3.05, 3.63) is 64.4 Å². The predicted molar refractivity (Wildman–Crippen MR) is 99.2 cm³/mol. The minimum atomic E-state index is 0.00408. The second-order valence-electron chi connectivity index (χ2n) is 5.35. The smallest absolute Gasteiger partial charge is 0.267 e. The first-order valence-electron chi connectivity index (χ1n) is 7.24. The summed E-state index contributed by atoms with van der Waals surface area (Å²) in [7, 11) is 0. The number of aromatic nitrogens is 2. The number of hydrogen-bond acceptors (Lipinski definition) is 4. The van der Waals surface area contributed by atoms with E-state index in [1.54, 1.807) is 4.57 Å². The molecule has 0 radical (unpaired) electrons. The molecule has 2 aromatic heterocycles. The summed E-state index contributed by atoms with van der Waals surface area (Å²) in [5, 5.41) is 1.77. The third-order valence-corrected chi connectivity index (χ3v) is 5.63. The average molecular weight is 338 g/mol. The Morgan fingerprint density at radius 3 is 2.57 bits per heavy atom. The second-order valence-corrected chi connectivity index (χ2v) is 7.18. The van der Waals surface area contributed by atoms with Gasteiger partial charge in [-0.2, -0.15) is 0 Å². The van der Waals surface area contributed by atoms with Crippen LogP contribution in [0.3, 0.4) is 0 Å². The molecule has 2 aromatic carbocycles. The van der Waals surface area contributed by atoms with Gasteiger partial charge in [-0.15, -0.1) is 11.3 Å². The first-order chi connectivity index (χ1) is 11.2. The van der Waals surface area contributed by atoms with Crippen LogP contribution in [0.4, 0.5) is 0 Å². The zero-order chi connectivity index (χ0) is 16.0. The number of thiophene rings is 1. The number of aryl methyl sites for hydroxylation is 1. The van der Waals surface area contributed by atoms with Crippen LogP contribution in [0.5, 0.6) is 0 Å². The molecule has 0 aliphatic carbocycles. The van der Waals surface area contributed by atoms with E-state index in [4.69, 9.17) is 4.98 Å². The predicted octanol–water partition coefficient (Wildman–Crippen LogP) is 4.63. The van der Waals surface area contributed by atoms with Crippen molar-refractivity contribution in [2.24, 2.45) is 0 Å². The quantitative estimate of drug-likeness (QED) is 0.395. The molecule has 4 rings (SSSR count). The SMILES string of the molecule is CSc1nc2c(sc3ccccc32)c(=O)n1-c1ccc(C)cc1. The molecular formula is C18H14N2OS2. The van der Waals surface area contributed by atoms with Gasteiger partial charge in [0, 0.05) is 10.1 Å². The summed E-state index contributed by atoms with van der Waals surface area (Å²) < 4.78 is 3.52. The van der Waals surface area contributed by atoms with Crippen molar-refractivity contribution >= 4 is 43.4 Å².